The van der Waals surface area contributed by atoms with E-state index in [1.54, 1.807) is 0 Å². The van der Waals surface area contributed by atoms with Gasteiger partial charge in [0.25, 0.3) is 0 Å². The van der Waals surface area contributed by atoms with E-state index in [-0.39, 0.29) is 0 Å². The summed E-state index contributed by atoms with van der Waals surface area (Å²) in [6.45, 7) is -1.08. The molecule has 1 rings (SSSR count). The normalized spacial score (nSPS) is 9.87. The minimum absolute atomic E-state index is 0.523. The molecule has 0 aliphatic heterocycles. The summed E-state index contributed by atoms with van der Waals surface area (Å²) in [6.07, 6.45) is 0. The first kappa shape index (κ1) is 10.8. The topological polar surface area (TPSA) is 137 Å². The highest BCUT2D eigenvalue weighted by molar-refractivity contribution is 5.80. The van der Waals surface area contributed by atoms with Crippen molar-refractivity contribution < 1.29 is 14.7 Å². The van der Waals surface area contributed by atoms with E-state index >= 15 is 0 Å². The highest BCUT2D eigenvalue weighted by Crippen LogP contribution is 1.72. The summed E-state index contributed by atoms with van der Waals surface area (Å²) in [5.74, 6) is -1.94. The smallest absolute Gasteiger partial charge is 0.344 e. The Morgan fingerprint density at radius 3 is 2.27 bits per heavy atom. The Kier molecular flexibility index (Phi) is 3.06. The van der Waals surface area contributed by atoms with Gasteiger partial charge in [0.15, 0.2) is 0 Å². The number of amides is 1. The minimum Gasteiger partial charge on any atom is -0.480 e. The summed E-state index contributed by atoms with van der Waals surface area (Å²) in [5, 5.41) is 14.2. The number of aliphatic carboxylic acids is 1. The van der Waals surface area contributed by atoms with Crippen molar-refractivity contribution in [1.82, 2.24) is 20.1 Å². The molecule has 0 saturated heterocycles. The summed E-state index contributed by atoms with van der Waals surface area (Å²) < 4.78 is 0.608. The third-order valence-corrected chi connectivity index (χ3v) is 1.51. The van der Waals surface area contributed by atoms with Crippen molar-refractivity contribution in [2.24, 2.45) is 0 Å². The predicted octanol–water partition coefficient (Wildman–Crippen LogP) is -2.93. The highest BCUT2D eigenvalue weighted by Gasteiger charge is 2.09. The quantitative estimate of drug-likeness (QED) is 0.427. The summed E-state index contributed by atoms with van der Waals surface area (Å²) in [5.41, 5.74) is -1.52. The van der Waals surface area contributed by atoms with E-state index in [0.717, 1.165) is 0 Å². The molecule has 1 aromatic rings. The summed E-state index contributed by atoms with van der Waals surface area (Å²) in [7, 11) is 0. The molecule has 0 bridgehead atoms. The number of H-pyrrole nitrogens is 2. The maximum Gasteiger partial charge on any atom is 0.344 e. The van der Waals surface area contributed by atoms with Crippen molar-refractivity contribution in [2.45, 2.75) is 6.54 Å². The van der Waals surface area contributed by atoms with Gasteiger partial charge in [-0.15, -0.1) is 0 Å². The van der Waals surface area contributed by atoms with Crippen molar-refractivity contribution in [3.63, 3.8) is 0 Å². The molecule has 0 atom stereocenters. The molecule has 0 radical (unpaired) electrons. The van der Waals surface area contributed by atoms with Gasteiger partial charge in [-0.25, -0.2) is 24.4 Å². The van der Waals surface area contributed by atoms with Gasteiger partial charge in [-0.05, 0) is 0 Å². The molecule has 1 amide bonds. The van der Waals surface area contributed by atoms with Crippen LogP contribution in [0.25, 0.3) is 0 Å². The number of aromatic nitrogens is 3. The van der Waals surface area contributed by atoms with E-state index in [1.807, 2.05) is 15.5 Å². The fourth-order valence-corrected chi connectivity index (χ4v) is 0.851. The first-order valence-corrected chi connectivity index (χ1v) is 3.86. The van der Waals surface area contributed by atoms with Crippen LogP contribution in [0.1, 0.15) is 0 Å². The number of carbonyl (C=O) groups is 2. The lowest BCUT2D eigenvalue weighted by Crippen LogP contribution is -2.37. The predicted molar refractivity (Wildman–Crippen MR) is 46.3 cm³/mol. The Morgan fingerprint density at radius 1 is 1.27 bits per heavy atom. The molecule has 1 heterocycles. The highest BCUT2D eigenvalue weighted by atomic mass is 16.4. The van der Waals surface area contributed by atoms with E-state index in [2.05, 4.69) is 0 Å². The van der Waals surface area contributed by atoms with Crippen LogP contribution in [-0.2, 0) is 16.1 Å². The Labute approximate surface area is 81.7 Å². The van der Waals surface area contributed by atoms with Crippen LogP contribution in [-0.4, -0.2) is 38.3 Å². The summed E-state index contributed by atoms with van der Waals surface area (Å²) in [6, 6.07) is 0. The Balaban J connectivity index is 2.63. The number of carbonyl (C=O) groups excluding carboxylic acids is 1. The lowest BCUT2D eigenvalue weighted by Gasteiger charge is -2.00. The molecule has 0 unspecified atom stereocenters. The van der Waals surface area contributed by atoms with Crippen LogP contribution >= 0.6 is 0 Å². The zero-order valence-electron chi connectivity index (χ0n) is 7.44. The molecule has 0 aliphatic carbocycles. The monoisotopic (exact) mass is 216 g/mol. The van der Waals surface area contributed by atoms with Crippen LogP contribution in [0.2, 0.25) is 0 Å². The Bertz CT molecular complexity index is 453. The van der Waals surface area contributed by atoms with Gasteiger partial charge in [-0.3, -0.25) is 9.59 Å². The van der Waals surface area contributed by atoms with E-state index < -0.39 is 36.3 Å². The van der Waals surface area contributed by atoms with E-state index in [1.165, 1.54) is 0 Å². The van der Waals surface area contributed by atoms with Crippen LogP contribution in [0.3, 0.4) is 0 Å². The van der Waals surface area contributed by atoms with Crippen molar-refractivity contribution in [2.75, 3.05) is 6.54 Å². The number of carboxylic acids is 1. The molecule has 0 spiro atoms. The second-order valence-electron chi connectivity index (χ2n) is 2.62. The number of hydrogen-bond donors (Lipinski definition) is 4. The first-order chi connectivity index (χ1) is 7.00. The zero-order valence-corrected chi connectivity index (χ0v) is 7.44. The summed E-state index contributed by atoms with van der Waals surface area (Å²) >= 11 is 0. The van der Waals surface area contributed by atoms with Gasteiger partial charge < -0.3 is 10.4 Å². The number of aromatic amines is 2. The van der Waals surface area contributed by atoms with Crippen LogP contribution in [0, 0.1) is 0 Å². The average Bonchev–Trinajstić information content (AvgIpc) is 2.46. The average molecular weight is 216 g/mol. The fraction of sp³-hybridized carbons (Fsp3) is 0.333. The van der Waals surface area contributed by atoms with E-state index in [0.29, 0.717) is 4.57 Å². The van der Waals surface area contributed by atoms with Crippen LogP contribution in [0.15, 0.2) is 9.59 Å². The molecule has 0 aliphatic rings. The Morgan fingerprint density at radius 2 is 1.80 bits per heavy atom. The number of nitrogens with zero attached hydrogens (tertiary/aromatic N) is 1. The van der Waals surface area contributed by atoms with Crippen LogP contribution < -0.4 is 16.7 Å². The van der Waals surface area contributed by atoms with Gasteiger partial charge in [0.05, 0.1) is 0 Å². The van der Waals surface area contributed by atoms with Gasteiger partial charge in [-0.2, -0.15) is 0 Å². The third-order valence-electron chi connectivity index (χ3n) is 1.51. The second-order valence-corrected chi connectivity index (χ2v) is 2.62. The molecule has 1 aromatic heterocycles. The van der Waals surface area contributed by atoms with Gasteiger partial charge in [0, 0.05) is 0 Å². The van der Waals surface area contributed by atoms with Crippen LogP contribution in [0.5, 0.6) is 0 Å². The first-order valence-electron chi connectivity index (χ1n) is 3.86. The number of hydrogen-bond acceptors (Lipinski definition) is 4. The van der Waals surface area contributed by atoms with Crippen molar-refractivity contribution >= 4 is 11.9 Å². The number of rotatable bonds is 4. The molecule has 0 aromatic carbocycles. The van der Waals surface area contributed by atoms with Crippen molar-refractivity contribution in [3.05, 3.63) is 21.0 Å². The standard InChI is InChI=1S/C6H8N4O5/c11-3(7-1-4(12)13)2-10-5(14)8-9-6(10)15/h1-2H2,(H,7,11)(H,8,14)(H,9,15)(H,12,13). The summed E-state index contributed by atoms with van der Waals surface area (Å²) in [4.78, 5) is 42.9. The maximum atomic E-state index is 11.0. The van der Waals surface area contributed by atoms with Gasteiger partial charge in [0.1, 0.15) is 13.1 Å². The number of carboxylic acid groups (broad SMARTS) is 1. The van der Waals surface area contributed by atoms with Crippen LogP contribution in [0.4, 0.5) is 0 Å². The molecule has 82 valence electrons. The van der Waals surface area contributed by atoms with Crippen molar-refractivity contribution in [1.29, 1.82) is 0 Å². The third kappa shape index (κ3) is 2.83. The molecule has 4 N–H and O–H groups in total. The molecule has 9 nitrogen and oxygen atoms in total. The molecule has 9 heteroatoms. The van der Waals surface area contributed by atoms with E-state index in [4.69, 9.17) is 5.11 Å². The minimum atomic E-state index is -1.21. The molecular weight excluding hydrogens is 208 g/mol. The zero-order chi connectivity index (χ0) is 11.4. The molecule has 0 saturated carbocycles. The molecule has 15 heavy (non-hydrogen) atoms. The van der Waals surface area contributed by atoms with Gasteiger partial charge in [-0.1, -0.05) is 0 Å². The SMILES string of the molecule is O=C(O)CNC(=O)Cn1c(=O)[nH][nH]c1=O. The number of nitrogens with one attached hydrogen (secondary N) is 3. The van der Waals surface area contributed by atoms with Crippen molar-refractivity contribution in [3.8, 4) is 0 Å². The maximum absolute atomic E-state index is 11.0. The van der Waals surface area contributed by atoms with E-state index in [9.17, 15) is 19.2 Å². The van der Waals surface area contributed by atoms with Gasteiger partial charge in [0.2, 0.25) is 5.91 Å². The lowest BCUT2D eigenvalue weighted by atomic mass is 10.5. The molecule has 0 fully saturated rings. The Hall–Kier alpha value is -2.32. The largest absolute Gasteiger partial charge is 0.480 e. The molecular formula is C6H8N4O5. The second kappa shape index (κ2) is 4.26. The lowest BCUT2D eigenvalue weighted by molar-refractivity contribution is -0.138. The van der Waals surface area contributed by atoms with Gasteiger partial charge >= 0.3 is 17.3 Å². The fourth-order valence-electron chi connectivity index (χ4n) is 0.851.